The first-order chi connectivity index (χ1) is 29.1. The normalized spacial score (nSPS) is 14.5. The van der Waals surface area contributed by atoms with Gasteiger partial charge in [0.05, 0.1) is 19.1 Å². The smallest absolute Gasteiger partial charge is 0.326 e. The molecule has 1 rings (SSSR count). The highest BCUT2D eigenvalue weighted by atomic mass is 16.4. The number of guanidine groups is 1. The van der Waals surface area contributed by atoms with E-state index in [1.54, 1.807) is 27.7 Å². The highest BCUT2D eigenvalue weighted by molar-refractivity contribution is 5.98. The summed E-state index contributed by atoms with van der Waals surface area (Å²) in [6.45, 7) is 6.20. The Balaban J connectivity index is 3.30. The van der Waals surface area contributed by atoms with Crippen molar-refractivity contribution in [3.05, 3.63) is 29.8 Å². The maximum absolute atomic E-state index is 13.9. The van der Waals surface area contributed by atoms with E-state index in [0.717, 1.165) is 0 Å². The molecule has 19 N–H and O–H groups in total. The van der Waals surface area contributed by atoms with Gasteiger partial charge in [0.15, 0.2) is 5.96 Å². The zero-order chi connectivity index (χ0) is 47.1. The van der Waals surface area contributed by atoms with Crippen LogP contribution in [0.4, 0.5) is 0 Å². The van der Waals surface area contributed by atoms with E-state index < -0.39 is 109 Å². The third-order valence-electron chi connectivity index (χ3n) is 9.32. The SMILES string of the molecule is CC(C)C[C@H](NC(=O)[C@H](CCCN=C(N)N)NC(=O)[C@H](CC(N)=O)NC(=O)[C@H](CO)NC(=O)[C@@H](NC(=O)[C@@H](N)CCCCN)C(C)C)C(=O)N[C@@H](Cc1ccc(O)cc1)C(=O)O. The molecule has 23 heteroatoms. The molecule has 0 aromatic heterocycles. The number of nitrogens with zero attached hydrogens (tertiary/aromatic N) is 1. The molecule has 0 aliphatic carbocycles. The van der Waals surface area contributed by atoms with Crippen LogP contribution in [0.1, 0.15) is 78.2 Å². The zero-order valence-electron chi connectivity index (χ0n) is 35.7. The van der Waals surface area contributed by atoms with E-state index in [1.807, 2.05) is 0 Å². The number of aromatic hydroxyl groups is 1. The number of aliphatic hydroxyl groups excluding tert-OH is 1. The van der Waals surface area contributed by atoms with E-state index in [0.29, 0.717) is 31.4 Å². The number of carbonyl (C=O) groups is 8. The number of amides is 7. The molecule has 0 radical (unpaired) electrons. The van der Waals surface area contributed by atoms with E-state index in [9.17, 15) is 53.7 Å². The van der Waals surface area contributed by atoms with Gasteiger partial charge in [-0.2, -0.15) is 0 Å². The second kappa shape index (κ2) is 27.7. The van der Waals surface area contributed by atoms with E-state index in [-0.39, 0.29) is 49.9 Å². The second-order valence-electron chi connectivity index (χ2n) is 15.6. The fraction of sp³-hybridized carbons (Fsp3) is 0.615. The molecular weight excluding hydrogens is 813 g/mol. The lowest BCUT2D eigenvalue weighted by molar-refractivity contribution is -0.142. The number of aliphatic carboxylic acids is 1. The number of hydrogen-bond acceptors (Lipinski definition) is 13. The molecule has 348 valence electrons. The summed E-state index contributed by atoms with van der Waals surface area (Å²) in [5.74, 6) is -8.86. The molecule has 62 heavy (non-hydrogen) atoms. The fourth-order valence-electron chi connectivity index (χ4n) is 5.93. The first kappa shape index (κ1) is 53.9. The molecule has 0 saturated carbocycles. The molecule has 23 nitrogen and oxygen atoms in total. The predicted octanol–water partition coefficient (Wildman–Crippen LogP) is -3.99. The van der Waals surface area contributed by atoms with Crippen LogP contribution in [0.15, 0.2) is 29.3 Å². The average Bonchev–Trinajstić information content (AvgIpc) is 3.18. The number of carbonyl (C=O) groups excluding carboxylic acids is 7. The summed E-state index contributed by atoms with van der Waals surface area (Å²) in [6.07, 6.45) is 0.572. The van der Waals surface area contributed by atoms with Gasteiger partial charge in [-0.25, -0.2) is 4.79 Å². The number of primary amides is 1. The number of benzene rings is 1. The van der Waals surface area contributed by atoms with Crippen molar-refractivity contribution in [3.8, 4) is 5.75 Å². The van der Waals surface area contributed by atoms with Crippen LogP contribution >= 0.6 is 0 Å². The topological polar surface area (TPSA) is 412 Å². The van der Waals surface area contributed by atoms with Crippen LogP contribution in [0.2, 0.25) is 0 Å². The maximum atomic E-state index is 13.9. The Kier molecular flexibility index (Phi) is 24.1. The van der Waals surface area contributed by atoms with Gasteiger partial charge in [0.1, 0.15) is 42.0 Å². The van der Waals surface area contributed by atoms with E-state index >= 15 is 0 Å². The number of rotatable bonds is 29. The molecule has 0 fully saturated rings. The first-order valence-electron chi connectivity index (χ1n) is 20.3. The number of phenols is 1. The van der Waals surface area contributed by atoms with Crippen molar-refractivity contribution >= 4 is 53.3 Å². The van der Waals surface area contributed by atoms with E-state index in [4.69, 9.17) is 28.7 Å². The van der Waals surface area contributed by atoms with Crippen molar-refractivity contribution in [1.29, 1.82) is 0 Å². The quantitative estimate of drug-likeness (QED) is 0.0207. The predicted molar refractivity (Wildman–Crippen MR) is 227 cm³/mol. The Morgan fingerprint density at radius 1 is 0.661 bits per heavy atom. The van der Waals surface area contributed by atoms with Crippen molar-refractivity contribution in [2.75, 3.05) is 19.7 Å². The number of nitrogens with two attached hydrogens (primary N) is 5. The standard InChI is InChI=1S/C39H66N12O11/c1-20(2)16-26(34(57)49-28(38(61)62)17-22-10-12-23(53)13-11-22)47-33(56)25(9-7-15-45-39(43)44)46-35(58)27(18-30(42)54)48-36(59)29(19-52)50-37(60)31(21(3)4)51-32(55)24(41)8-5-6-14-40/h10-13,20-21,24-29,31,52-53H,5-9,14-19,40-41H2,1-4H3,(H2,42,54)(H,46,58)(H,47,56)(H,48,59)(H,49,57)(H,50,60)(H,51,55)(H,61,62)(H4,43,44,45)/t24-,25-,26-,27-,28-,29-,31-/m0/s1. The Bertz CT molecular complexity index is 1690. The largest absolute Gasteiger partial charge is 0.508 e. The number of aliphatic imine (C=N–C) groups is 1. The Labute approximate surface area is 360 Å². The number of carboxylic acids is 1. The fourth-order valence-corrected chi connectivity index (χ4v) is 5.93. The summed E-state index contributed by atoms with van der Waals surface area (Å²) in [7, 11) is 0. The average molecular weight is 879 g/mol. The summed E-state index contributed by atoms with van der Waals surface area (Å²) in [4.78, 5) is 109. The minimum absolute atomic E-state index is 0.00677. The highest BCUT2D eigenvalue weighted by Gasteiger charge is 2.35. The summed E-state index contributed by atoms with van der Waals surface area (Å²) in [6, 6.07) is -4.07. The van der Waals surface area contributed by atoms with Gasteiger partial charge in [0.2, 0.25) is 41.4 Å². The van der Waals surface area contributed by atoms with E-state index in [1.165, 1.54) is 24.3 Å². The third-order valence-corrected chi connectivity index (χ3v) is 9.32. The molecule has 0 heterocycles. The lowest BCUT2D eigenvalue weighted by Crippen LogP contribution is -2.61. The molecule has 1 aromatic rings. The number of hydrogen-bond donors (Lipinski definition) is 14. The number of unbranched alkanes of at least 4 members (excludes halogenated alkanes) is 1. The molecule has 0 aliphatic heterocycles. The van der Waals surface area contributed by atoms with Crippen LogP contribution in [0.5, 0.6) is 5.75 Å². The van der Waals surface area contributed by atoms with Crippen LogP contribution in [0.3, 0.4) is 0 Å². The molecule has 7 atom stereocenters. The van der Waals surface area contributed by atoms with Gasteiger partial charge in [-0.1, -0.05) is 46.2 Å². The summed E-state index contributed by atoms with van der Waals surface area (Å²) in [5, 5.41) is 44.1. The molecule has 7 amide bonds. The minimum Gasteiger partial charge on any atom is -0.508 e. The van der Waals surface area contributed by atoms with Crippen LogP contribution in [0.25, 0.3) is 0 Å². The number of phenolic OH excluding ortho intramolecular Hbond substituents is 1. The van der Waals surface area contributed by atoms with Gasteiger partial charge < -0.3 is 75.9 Å². The van der Waals surface area contributed by atoms with Crippen molar-refractivity contribution < 1.29 is 53.7 Å². The molecule has 0 bridgehead atoms. The Morgan fingerprint density at radius 2 is 1.19 bits per heavy atom. The molecular formula is C39H66N12O11. The molecule has 0 spiro atoms. The summed E-state index contributed by atoms with van der Waals surface area (Å²) >= 11 is 0. The summed E-state index contributed by atoms with van der Waals surface area (Å²) < 4.78 is 0. The van der Waals surface area contributed by atoms with Crippen molar-refractivity contribution in [2.24, 2.45) is 45.5 Å². The van der Waals surface area contributed by atoms with Gasteiger partial charge in [0, 0.05) is 13.0 Å². The monoisotopic (exact) mass is 878 g/mol. The molecule has 0 saturated heterocycles. The van der Waals surface area contributed by atoms with Crippen LogP contribution in [-0.2, 0) is 44.8 Å². The van der Waals surface area contributed by atoms with Crippen LogP contribution < -0.4 is 60.6 Å². The third kappa shape index (κ3) is 20.5. The zero-order valence-corrected chi connectivity index (χ0v) is 35.7. The Hall–Kier alpha value is -6.07. The van der Waals surface area contributed by atoms with Gasteiger partial charge in [-0.15, -0.1) is 0 Å². The first-order valence-corrected chi connectivity index (χ1v) is 20.3. The highest BCUT2D eigenvalue weighted by Crippen LogP contribution is 2.13. The Morgan fingerprint density at radius 3 is 1.73 bits per heavy atom. The van der Waals surface area contributed by atoms with Crippen molar-refractivity contribution in [2.45, 2.75) is 121 Å². The van der Waals surface area contributed by atoms with Crippen LogP contribution in [-0.4, -0.2) is 131 Å². The van der Waals surface area contributed by atoms with Gasteiger partial charge in [-0.3, -0.25) is 38.6 Å². The second-order valence-corrected chi connectivity index (χ2v) is 15.6. The van der Waals surface area contributed by atoms with Gasteiger partial charge in [0.25, 0.3) is 0 Å². The lowest BCUT2D eigenvalue weighted by atomic mass is 10.0. The number of carboxylic acid groups (broad SMARTS) is 1. The van der Waals surface area contributed by atoms with E-state index in [2.05, 4.69) is 36.9 Å². The lowest BCUT2D eigenvalue weighted by Gasteiger charge is -2.28. The number of aliphatic hydroxyl groups is 1. The van der Waals surface area contributed by atoms with Crippen molar-refractivity contribution in [1.82, 2.24) is 31.9 Å². The van der Waals surface area contributed by atoms with Crippen molar-refractivity contribution in [3.63, 3.8) is 0 Å². The molecule has 0 unspecified atom stereocenters. The van der Waals surface area contributed by atoms with Gasteiger partial charge in [-0.05, 0) is 68.2 Å². The minimum atomic E-state index is -1.75. The van der Waals surface area contributed by atoms with Gasteiger partial charge >= 0.3 is 5.97 Å². The maximum Gasteiger partial charge on any atom is 0.326 e. The van der Waals surface area contributed by atoms with Crippen LogP contribution in [0, 0.1) is 11.8 Å². The molecule has 0 aliphatic rings. The molecule has 1 aromatic carbocycles. The number of nitrogens with one attached hydrogen (secondary N) is 6. The summed E-state index contributed by atoms with van der Waals surface area (Å²) in [5.41, 5.74) is 28.2.